The molecular formula is C34H41N5O6. The highest BCUT2D eigenvalue weighted by Gasteiger charge is 2.44. The number of hydrazine groups is 1. The number of rotatable bonds is 14. The van der Waals surface area contributed by atoms with Gasteiger partial charge in [-0.1, -0.05) is 91.0 Å². The topological polar surface area (TPSA) is 163 Å². The zero-order chi connectivity index (χ0) is 32.6. The second kappa shape index (κ2) is 14.8. The number of cyclic esters (lactones) is 1. The van der Waals surface area contributed by atoms with Crippen molar-refractivity contribution in [3.05, 3.63) is 108 Å². The molecule has 1 aliphatic rings. The lowest BCUT2D eigenvalue weighted by molar-refractivity contribution is -0.133. The van der Waals surface area contributed by atoms with Gasteiger partial charge in [-0.3, -0.25) is 14.4 Å². The fourth-order valence-corrected chi connectivity index (χ4v) is 5.36. The summed E-state index contributed by atoms with van der Waals surface area (Å²) < 4.78 is 5.45. The van der Waals surface area contributed by atoms with E-state index >= 15 is 0 Å². The summed E-state index contributed by atoms with van der Waals surface area (Å²) in [7, 11) is 0. The summed E-state index contributed by atoms with van der Waals surface area (Å²) in [4.78, 5) is 51.8. The van der Waals surface area contributed by atoms with E-state index in [2.05, 4.69) is 16.1 Å². The summed E-state index contributed by atoms with van der Waals surface area (Å²) in [6, 6.07) is 24.5. The van der Waals surface area contributed by atoms with Crippen molar-refractivity contribution < 1.29 is 29.0 Å². The lowest BCUT2D eigenvalue weighted by Crippen LogP contribution is -2.54. The number of carbonyl (C=O) groups is 4. The number of amides is 4. The van der Waals surface area contributed by atoms with Gasteiger partial charge in [-0.15, -0.1) is 0 Å². The van der Waals surface area contributed by atoms with Gasteiger partial charge in [0, 0.05) is 5.92 Å². The Bertz CT molecular complexity index is 1450. The summed E-state index contributed by atoms with van der Waals surface area (Å²) in [5, 5.41) is 18.3. The first kappa shape index (κ1) is 33.2. The van der Waals surface area contributed by atoms with Crippen LogP contribution in [0.3, 0.4) is 0 Å². The maximum absolute atomic E-state index is 13.7. The lowest BCUT2D eigenvalue weighted by Gasteiger charge is -2.32. The molecule has 45 heavy (non-hydrogen) atoms. The molecule has 6 N–H and O–H groups in total. The highest BCUT2D eigenvalue weighted by Crippen LogP contribution is 2.26. The summed E-state index contributed by atoms with van der Waals surface area (Å²) in [5.74, 6) is -2.57. The maximum atomic E-state index is 13.7. The minimum absolute atomic E-state index is 0.0214. The molecule has 1 heterocycles. The van der Waals surface area contributed by atoms with E-state index in [0.717, 1.165) is 11.1 Å². The zero-order valence-corrected chi connectivity index (χ0v) is 25.7. The summed E-state index contributed by atoms with van der Waals surface area (Å²) >= 11 is 0. The third-order valence-electron chi connectivity index (χ3n) is 7.67. The number of carbonyl (C=O) groups excluding carboxylic acids is 4. The Balaban J connectivity index is 1.53. The van der Waals surface area contributed by atoms with Gasteiger partial charge in [-0.25, -0.2) is 9.80 Å². The Morgan fingerprint density at radius 1 is 0.867 bits per heavy atom. The van der Waals surface area contributed by atoms with Crippen LogP contribution in [-0.2, 0) is 32.0 Å². The zero-order valence-electron chi connectivity index (χ0n) is 25.7. The number of nitrogens with one attached hydrogen (secondary N) is 3. The van der Waals surface area contributed by atoms with Crippen LogP contribution in [0.15, 0.2) is 91.0 Å². The van der Waals surface area contributed by atoms with Crippen molar-refractivity contribution in [2.75, 3.05) is 0 Å². The normalized spacial score (nSPS) is 17.3. The number of ether oxygens (including phenoxy) is 1. The van der Waals surface area contributed by atoms with Crippen molar-refractivity contribution in [3.8, 4) is 0 Å². The number of nitrogens with two attached hydrogens (primary N) is 1. The van der Waals surface area contributed by atoms with Gasteiger partial charge in [-0.2, -0.15) is 5.43 Å². The molecule has 3 aromatic rings. The van der Waals surface area contributed by atoms with Crippen LogP contribution in [0, 0.1) is 5.92 Å². The van der Waals surface area contributed by atoms with Crippen molar-refractivity contribution in [3.63, 3.8) is 0 Å². The quantitative estimate of drug-likeness (QED) is 0.186. The highest BCUT2D eigenvalue weighted by atomic mass is 16.6. The van der Waals surface area contributed by atoms with Gasteiger partial charge in [0.15, 0.2) is 5.72 Å². The van der Waals surface area contributed by atoms with Gasteiger partial charge in [0.05, 0.1) is 12.1 Å². The maximum Gasteiger partial charge on any atom is 0.426 e. The minimum Gasteiger partial charge on any atom is -0.426 e. The fourth-order valence-electron chi connectivity index (χ4n) is 5.36. The third kappa shape index (κ3) is 9.13. The highest BCUT2D eigenvalue weighted by molar-refractivity contribution is 5.92. The van der Waals surface area contributed by atoms with Crippen LogP contribution in [0.4, 0.5) is 4.79 Å². The van der Waals surface area contributed by atoms with Gasteiger partial charge >= 0.3 is 6.09 Å². The Morgan fingerprint density at radius 2 is 1.40 bits per heavy atom. The van der Waals surface area contributed by atoms with Crippen LogP contribution in [0.1, 0.15) is 49.9 Å². The number of primary amides is 1. The molecule has 11 heteroatoms. The molecule has 0 aliphatic carbocycles. The first-order valence-electron chi connectivity index (χ1n) is 14.9. The molecule has 238 valence electrons. The Morgan fingerprint density at radius 3 is 1.91 bits per heavy atom. The SMILES string of the molecule is C[C@H](NC(=O)C(Cc1ccccc1)C[C@@H](O)[C@H](Cc1ccccc1)N1NC(C)(C)OC1=O)C(=O)N[C@H](C(N)=O)c1ccccc1. The van der Waals surface area contributed by atoms with Crippen molar-refractivity contribution in [1.29, 1.82) is 0 Å². The number of aliphatic hydroxyl groups excluding tert-OH is 1. The molecule has 1 unspecified atom stereocenters. The average molecular weight is 616 g/mol. The number of nitrogens with zero attached hydrogens (tertiary/aromatic N) is 1. The second-order valence-corrected chi connectivity index (χ2v) is 11.8. The summed E-state index contributed by atoms with van der Waals surface area (Å²) in [6.45, 7) is 4.92. The van der Waals surface area contributed by atoms with Crippen LogP contribution < -0.4 is 21.8 Å². The van der Waals surface area contributed by atoms with Crippen molar-refractivity contribution >= 4 is 23.8 Å². The van der Waals surface area contributed by atoms with Gasteiger partial charge in [0.2, 0.25) is 17.7 Å². The third-order valence-corrected chi connectivity index (χ3v) is 7.67. The van der Waals surface area contributed by atoms with Crippen LogP contribution in [0.25, 0.3) is 0 Å². The van der Waals surface area contributed by atoms with E-state index in [1.165, 1.54) is 11.9 Å². The first-order chi connectivity index (χ1) is 21.4. The molecule has 1 aliphatic heterocycles. The number of hydrogen-bond donors (Lipinski definition) is 5. The van der Waals surface area contributed by atoms with Gasteiger partial charge in [0.1, 0.15) is 12.1 Å². The molecule has 0 aromatic heterocycles. The largest absolute Gasteiger partial charge is 0.426 e. The Labute approximate surface area is 263 Å². The Kier molecular flexibility index (Phi) is 10.9. The van der Waals surface area contributed by atoms with Crippen LogP contribution >= 0.6 is 0 Å². The van der Waals surface area contributed by atoms with E-state index in [-0.39, 0.29) is 12.8 Å². The molecule has 0 radical (unpaired) electrons. The smallest absolute Gasteiger partial charge is 0.426 e. The predicted octanol–water partition coefficient (Wildman–Crippen LogP) is 2.75. The number of aliphatic hydroxyl groups is 1. The molecule has 4 rings (SSSR count). The monoisotopic (exact) mass is 615 g/mol. The van der Waals surface area contributed by atoms with Gasteiger partial charge in [0.25, 0.3) is 0 Å². The number of benzene rings is 3. The van der Waals surface area contributed by atoms with E-state index < -0.39 is 59.7 Å². The standard InChI is InChI=1S/C34H41N5O6/c1-22(31(42)37-29(30(35)41)25-17-11-6-12-18-25)36-32(43)26(19-23-13-7-4-8-14-23)21-28(40)27(20-24-15-9-5-10-16-24)39-33(44)45-34(2,3)38-39/h4-18,22,26-29,38,40H,19-21H2,1-3H3,(H2,35,41)(H,36,43)(H,37,42)/t22-,26?,27-,28+,29-/m0/s1. The molecule has 4 amide bonds. The molecular weight excluding hydrogens is 574 g/mol. The van der Waals surface area contributed by atoms with Crippen molar-refractivity contribution in [2.24, 2.45) is 11.7 Å². The van der Waals surface area contributed by atoms with E-state index in [9.17, 15) is 24.3 Å². The Hall–Kier alpha value is -4.74. The van der Waals surface area contributed by atoms with Crippen LogP contribution in [0.5, 0.6) is 0 Å². The van der Waals surface area contributed by atoms with E-state index in [1.54, 1.807) is 44.2 Å². The predicted molar refractivity (Wildman–Crippen MR) is 168 cm³/mol. The van der Waals surface area contributed by atoms with Crippen molar-refractivity contribution in [2.45, 2.75) is 70.0 Å². The van der Waals surface area contributed by atoms with E-state index in [1.807, 2.05) is 60.7 Å². The lowest BCUT2D eigenvalue weighted by atomic mass is 9.88. The molecule has 1 saturated heterocycles. The molecule has 0 bridgehead atoms. The molecule has 1 fully saturated rings. The first-order valence-corrected chi connectivity index (χ1v) is 14.9. The van der Waals surface area contributed by atoms with Gasteiger partial charge in [-0.05, 0) is 56.7 Å². The van der Waals surface area contributed by atoms with Crippen LogP contribution in [0.2, 0.25) is 0 Å². The molecule has 0 spiro atoms. The van der Waals surface area contributed by atoms with Gasteiger partial charge < -0.3 is 26.2 Å². The summed E-state index contributed by atoms with van der Waals surface area (Å²) in [6.07, 6.45) is -1.23. The van der Waals surface area contributed by atoms with E-state index in [4.69, 9.17) is 10.5 Å². The second-order valence-electron chi connectivity index (χ2n) is 11.8. The summed E-state index contributed by atoms with van der Waals surface area (Å²) in [5.41, 5.74) is 9.88. The molecule has 0 saturated carbocycles. The number of hydrogen-bond acceptors (Lipinski definition) is 7. The van der Waals surface area contributed by atoms with E-state index in [0.29, 0.717) is 12.0 Å². The fraction of sp³-hybridized carbons (Fsp3) is 0.353. The average Bonchev–Trinajstić information content (AvgIpc) is 3.30. The molecule has 11 nitrogen and oxygen atoms in total. The minimum atomic E-state index is -1.15. The van der Waals surface area contributed by atoms with Crippen molar-refractivity contribution in [1.82, 2.24) is 21.1 Å². The van der Waals surface area contributed by atoms with Crippen LogP contribution in [-0.4, -0.2) is 57.8 Å². The molecule has 5 atom stereocenters. The molecule has 3 aromatic carbocycles.